The van der Waals surface area contributed by atoms with Crippen molar-refractivity contribution in [3.63, 3.8) is 0 Å². The topological polar surface area (TPSA) is 46.2 Å². The Balaban J connectivity index is 2.14. The van der Waals surface area contributed by atoms with Crippen LogP contribution < -0.4 is 5.32 Å². The van der Waals surface area contributed by atoms with E-state index in [4.69, 9.17) is 0 Å². The summed E-state index contributed by atoms with van der Waals surface area (Å²) in [4.78, 5) is 0. The molecule has 0 aliphatic carbocycles. The quantitative estimate of drug-likeness (QED) is 0.828. The van der Waals surface area contributed by atoms with E-state index < -0.39 is 9.84 Å². The van der Waals surface area contributed by atoms with Gasteiger partial charge in [0.05, 0.1) is 11.5 Å². The Bertz CT molecular complexity index is 591. The van der Waals surface area contributed by atoms with Gasteiger partial charge in [-0.2, -0.15) is 0 Å². The summed E-state index contributed by atoms with van der Waals surface area (Å²) in [6, 6.07) is 4.71. The van der Waals surface area contributed by atoms with Gasteiger partial charge in [0.2, 0.25) is 0 Å². The number of benzene rings is 1. The van der Waals surface area contributed by atoms with Crippen molar-refractivity contribution in [2.45, 2.75) is 32.2 Å². The molecule has 1 heterocycles. The molecule has 0 bridgehead atoms. The van der Waals surface area contributed by atoms with Gasteiger partial charge in [0, 0.05) is 10.5 Å². The minimum Gasteiger partial charge on any atom is -0.313 e. The van der Waals surface area contributed by atoms with Crippen LogP contribution in [0.2, 0.25) is 0 Å². The van der Waals surface area contributed by atoms with E-state index in [2.05, 4.69) is 28.2 Å². The standard InChI is InChI=1S/C15H21BrFNO2S/c1-2-6-18-15(11-5-7-21(19,20)10-11)9-12-8-13(17)3-4-14(12)16/h3-4,8,11,15,18H,2,5-7,9-10H2,1H3. The van der Waals surface area contributed by atoms with Crippen LogP contribution >= 0.6 is 15.9 Å². The van der Waals surface area contributed by atoms with Gasteiger partial charge in [0.15, 0.2) is 9.84 Å². The monoisotopic (exact) mass is 377 g/mol. The molecule has 0 saturated carbocycles. The van der Waals surface area contributed by atoms with Gasteiger partial charge in [-0.05, 0) is 55.5 Å². The molecule has 1 N–H and O–H groups in total. The van der Waals surface area contributed by atoms with E-state index in [0.29, 0.717) is 12.8 Å². The summed E-state index contributed by atoms with van der Waals surface area (Å²) in [6.45, 7) is 2.92. The highest BCUT2D eigenvalue weighted by atomic mass is 79.9. The van der Waals surface area contributed by atoms with Crippen LogP contribution in [-0.4, -0.2) is 32.5 Å². The highest BCUT2D eigenvalue weighted by Crippen LogP contribution is 2.27. The Labute approximate surface area is 134 Å². The Kier molecular flexibility index (Phi) is 5.80. The molecule has 1 aliphatic rings. The van der Waals surface area contributed by atoms with Crippen LogP contribution in [0.3, 0.4) is 0 Å². The molecule has 1 fully saturated rings. The molecule has 3 nitrogen and oxygen atoms in total. The van der Waals surface area contributed by atoms with Gasteiger partial charge in [-0.1, -0.05) is 22.9 Å². The summed E-state index contributed by atoms with van der Waals surface area (Å²) in [7, 11) is -2.90. The van der Waals surface area contributed by atoms with Crippen LogP contribution in [0, 0.1) is 11.7 Å². The SMILES string of the molecule is CCCNC(Cc1cc(F)ccc1Br)C1CCS(=O)(=O)C1. The molecule has 1 aliphatic heterocycles. The first kappa shape index (κ1) is 16.9. The summed E-state index contributed by atoms with van der Waals surface area (Å²) in [5.74, 6) is 0.353. The summed E-state index contributed by atoms with van der Waals surface area (Å²) >= 11 is 3.45. The molecule has 0 spiro atoms. The maximum atomic E-state index is 13.4. The van der Waals surface area contributed by atoms with Crippen LogP contribution in [0.15, 0.2) is 22.7 Å². The largest absolute Gasteiger partial charge is 0.313 e. The average molecular weight is 378 g/mol. The maximum Gasteiger partial charge on any atom is 0.150 e. The van der Waals surface area contributed by atoms with Crippen molar-refractivity contribution < 1.29 is 12.8 Å². The first-order valence-corrected chi connectivity index (χ1v) is 9.90. The summed E-state index contributed by atoms with van der Waals surface area (Å²) in [5, 5.41) is 3.44. The van der Waals surface area contributed by atoms with Gasteiger partial charge < -0.3 is 5.32 Å². The number of hydrogen-bond donors (Lipinski definition) is 1. The maximum absolute atomic E-state index is 13.4. The second-order valence-electron chi connectivity index (χ2n) is 5.66. The lowest BCUT2D eigenvalue weighted by Crippen LogP contribution is -2.39. The third-order valence-corrected chi connectivity index (χ3v) is 6.51. The Morgan fingerprint density at radius 3 is 2.86 bits per heavy atom. The zero-order chi connectivity index (χ0) is 15.5. The van der Waals surface area contributed by atoms with Crippen molar-refractivity contribution in [2.75, 3.05) is 18.1 Å². The van der Waals surface area contributed by atoms with Crippen molar-refractivity contribution in [3.05, 3.63) is 34.1 Å². The summed E-state index contributed by atoms with van der Waals surface area (Å²) < 4.78 is 37.7. The van der Waals surface area contributed by atoms with E-state index in [-0.39, 0.29) is 29.3 Å². The fraction of sp³-hybridized carbons (Fsp3) is 0.600. The highest BCUT2D eigenvalue weighted by Gasteiger charge is 2.33. The first-order chi connectivity index (χ1) is 9.91. The Morgan fingerprint density at radius 2 is 2.24 bits per heavy atom. The summed E-state index contributed by atoms with van der Waals surface area (Å²) in [5.41, 5.74) is 0.882. The first-order valence-electron chi connectivity index (χ1n) is 7.29. The second kappa shape index (κ2) is 7.20. The van der Waals surface area contributed by atoms with Gasteiger partial charge in [0.25, 0.3) is 0 Å². The molecule has 1 aromatic rings. The number of sulfone groups is 1. The van der Waals surface area contributed by atoms with Crippen molar-refractivity contribution in [3.8, 4) is 0 Å². The van der Waals surface area contributed by atoms with Gasteiger partial charge in [-0.25, -0.2) is 12.8 Å². The fourth-order valence-electron chi connectivity index (χ4n) is 2.81. The van der Waals surface area contributed by atoms with Crippen molar-refractivity contribution >= 4 is 25.8 Å². The van der Waals surface area contributed by atoms with E-state index >= 15 is 0 Å². The van der Waals surface area contributed by atoms with E-state index in [1.807, 2.05) is 0 Å². The second-order valence-corrected chi connectivity index (χ2v) is 8.75. The molecule has 0 amide bonds. The molecular weight excluding hydrogens is 357 g/mol. The van der Waals surface area contributed by atoms with Crippen LogP contribution in [0.4, 0.5) is 4.39 Å². The fourth-order valence-corrected chi connectivity index (χ4v) is 5.10. The minimum absolute atomic E-state index is 0.0697. The predicted molar refractivity (Wildman–Crippen MR) is 86.6 cm³/mol. The average Bonchev–Trinajstić information content (AvgIpc) is 2.78. The number of rotatable bonds is 6. The number of nitrogens with one attached hydrogen (secondary N) is 1. The lowest BCUT2D eigenvalue weighted by Gasteiger charge is -2.24. The van der Waals surface area contributed by atoms with E-state index in [9.17, 15) is 12.8 Å². The van der Waals surface area contributed by atoms with Crippen molar-refractivity contribution in [1.29, 1.82) is 0 Å². The molecule has 2 rings (SSSR count). The molecule has 6 heteroatoms. The highest BCUT2D eigenvalue weighted by molar-refractivity contribution is 9.10. The van der Waals surface area contributed by atoms with Gasteiger partial charge in [0.1, 0.15) is 5.82 Å². The molecule has 118 valence electrons. The number of hydrogen-bond acceptors (Lipinski definition) is 3. The number of halogens is 2. The van der Waals surface area contributed by atoms with Crippen LogP contribution in [0.25, 0.3) is 0 Å². The molecule has 2 unspecified atom stereocenters. The third-order valence-electron chi connectivity index (χ3n) is 3.94. The van der Waals surface area contributed by atoms with Crippen LogP contribution in [0.5, 0.6) is 0 Å². The van der Waals surface area contributed by atoms with Gasteiger partial charge >= 0.3 is 0 Å². The van der Waals surface area contributed by atoms with Crippen LogP contribution in [0.1, 0.15) is 25.3 Å². The Morgan fingerprint density at radius 1 is 1.48 bits per heavy atom. The lowest BCUT2D eigenvalue weighted by molar-refractivity contribution is 0.378. The molecule has 2 atom stereocenters. The summed E-state index contributed by atoms with van der Waals surface area (Å²) in [6.07, 6.45) is 2.31. The normalized spacial score (nSPS) is 22.3. The lowest BCUT2D eigenvalue weighted by atomic mass is 9.93. The molecular formula is C15H21BrFNO2S. The molecule has 1 aromatic carbocycles. The predicted octanol–water partition coefficient (Wildman–Crippen LogP) is 2.93. The molecule has 21 heavy (non-hydrogen) atoms. The van der Waals surface area contributed by atoms with Crippen molar-refractivity contribution in [1.82, 2.24) is 5.32 Å². The Hall–Kier alpha value is -0.460. The minimum atomic E-state index is -2.90. The molecule has 1 saturated heterocycles. The van der Waals surface area contributed by atoms with Gasteiger partial charge in [-0.15, -0.1) is 0 Å². The van der Waals surface area contributed by atoms with Crippen LogP contribution in [-0.2, 0) is 16.3 Å². The zero-order valence-electron chi connectivity index (χ0n) is 12.1. The molecule has 0 aromatic heterocycles. The zero-order valence-corrected chi connectivity index (χ0v) is 14.5. The third kappa shape index (κ3) is 4.76. The van der Waals surface area contributed by atoms with E-state index in [1.54, 1.807) is 6.07 Å². The van der Waals surface area contributed by atoms with Gasteiger partial charge in [-0.3, -0.25) is 0 Å². The van der Waals surface area contributed by atoms with E-state index in [0.717, 1.165) is 23.0 Å². The van der Waals surface area contributed by atoms with E-state index in [1.165, 1.54) is 12.1 Å². The molecule has 0 radical (unpaired) electrons. The smallest absolute Gasteiger partial charge is 0.150 e. The van der Waals surface area contributed by atoms with Crippen molar-refractivity contribution in [2.24, 2.45) is 5.92 Å².